The van der Waals surface area contributed by atoms with E-state index in [4.69, 9.17) is 10.5 Å². The van der Waals surface area contributed by atoms with Gasteiger partial charge in [-0.25, -0.2) is 4.39 Å². The van der Waals surface area contributed by atoms with Gasteiger partial charge in [-0.1, -0.05) is 12.1 Å². The summed E-state index contributed by atoms with van der Waals surface area (Å²) in [5.74, 6) is -0.246. The van der Waals surface area contributed by atoms with Crippen molar-refractivity contribution in [2.45, 2.75) is 5.54 Å². The number of benzene rings is 1. The summed E-state index contributed by atoms with van der Waals surface area (Å²) < 4.78 is 17.7. The molecule has 0 radical (unpaired) electrons. The molecule has 2 nitrogen and oxygen atoms in total. The van der Waals surface area contributed by atoms with Crippen molar-refractivity contribution in [2.75, 3.05) is 13.2 Å². The van der Waals surface area contributed by atoms with Crippen LogP contribution in [-0.2, 0) is 10.3 Å². The lowest BCUT2D eigenvalue weighted by molar-refractivity contribution is -0.0570. The molecule has 0 unspecified atom stereocenters. The molecule has 1 aromatic rings. The Balaban J connectivity index is 2.33. The van der Waals surface area contributed by atoms with Crippen LogP contribution in [0, 0.1) is 5.82 Å². The molecule has 1 heterocycles. The van der Waals surface area contributed by atoms with Crippen molar-refractivity contribution >= 4 is 0 Å². The summed E-state index contributed by atoms with van der Waals surface area (Å²) in [6, 6.07) is 6.36. The second-order valence-electron chi connectivity index (χ2n) is 3.16. The molecule has 2 rings (SSSR count). The van der Waals surface area contributed by atoms with E-state index >= 15 is 0 Å². The van der Waals surface area contributed by atoms with Gasteiger partial charge in [0, 0.05) is 0 Å². The Hall–Kier alpha value is -0.930. The van der Waals surface area contributed by atoms with Crippen molar-refractivity contribution in [3.8, 4) is 0 Å². The smallest absolute Gasteiger partial charge is 0.123 e. The topological polar surface area (TPSA) is 35.2 Å². The fourth-order valence-corrected chi connectivity index (χ4v) is 1.29. The number of hydrogen-bond acceptors (Lipinski definition) is 2. The molecule has 0 saturated carbocycles. The maximum atomic E-state index is 12.8. The van der Waals surface area contributed by atoms with E-state index in [1.165, 1.54) is 12.1 Å². The van der Waals surface area contributed by atoms with Crippen molar-refractivity contribution < 1.29 is 9.13 Å². The molecule has 64 valence electrons. The van der Waals surface area contributed by atoms with Gasteiger partial charge in [0.2, 0.25) is 0 Å². The van der Waals surface area contributed by atoms with Gasteiger partial charge < -0.3 is 10.5 Å². The van der Waals surface area contributed by atoms with Gasteiger partial charge in [-0.3, -0.25) is 0 Å². The lowest BCUT2D eigenvalue weighted by atomic mass is 9.89. The van der Waals surface area contributed by atoms with Crippen LogP contribution in [0.25, 0.3) is 0 Å². The molecule has 0 aliphatic carbocycles. The Morgan fingerprint density at radius 1 is 1.42 bits per heavy atom. The van der Waals surface area contributed by atoms with E-state index in [0.29, 0.717) is 13.2 Å². The van der Waals surface area contributed by atoms with Gasteiger partial charge in [-0.15, -0.1) is 0 Å². The fraction of sp³-hybridized carbons (Fsp3) is 0.333. The summed E-state index contributed by atoms with van der Waals surface area (Å²) in [6.45, 7) is 0.965. The number of hydrogen-bond donors (Lipinski definition) is 1. The van der Waals surface area contributed by atoms with Crippen molar-refractivity contribution in [3.05, 3.63) is 35.6 Å². The first-order chi connectivity index (χ1) is 5.71. The van der Waals surface area contributed by atoms with Gasteiger partial charge in [0.05, 0.1) is 18.8 Å². The van der Waals surface area contributed by atoms with Crippen LogP contribution in [0.2, 0.25) is 0 Å². The molecule has 3 heteroatoms. The van der Waals surface area contributed by atoms with Gasteiger partial charge in [0.1, 0.15) is 5.82 Å². The highest BCUT2D eigenvalue weighted by atomic mass is 19.1. The third kappa shape index (κ3) is 1.11. The average Bonchev–Trinajstić information content (AvgIpc) is 2.00. The summed E-state index contributed by atoms with van der Waals surface area (Å²) in [5.41, 5.74) is 6.26. The summed E-state index contributed by atoms with van der Waals surface area (Å²) in [4.78, 5) is 0. The lowest BCUT2D eigenvalue weighted by Gasteiger charge is -2.38. The van der Waals surface area contributed by atoms with E-state index in [1.54, 1.807) is 6.07 Å². The average molecular weight is 167 g/mol. The molecule has 1 aliphatic rings. The Labute approximate surface area is 70.1 Å². The van der Waals surface area contributed by atoms with E-state index in [1.807, 2.05) is 6.07 Å². The first-order valence-corrected chi connectivity index (χ1v) is 3.83. The summed E-state index contributed by atoms with van der Waals surface area (Å²) in [6.07, 6.45) is 0. The van der Waals surface area contributed by atoms with E-state index in [0.717, 1.165) is 5.56 Å². The van der Waals surface area contributed by atoms with Gasteiger partial charge in [0.25, 0.3) is 0 Å². The Kier molecular flexibility index (Phi) is 1.63. The second kappa shape index (κ2) is 2.54. The van der Waals surface area contributed by atoms with Gasteiger partial charge >= 0.3 is 0 Å². The molecule has 0 atom stereocenters. The quantitative estimate of drug-likeness (QED) is 0.677. The summed E-state index contributed by atoms with van der Waals surface area (Å²) in [7, 11) is 0. The van der Waals surface area contributed by atoms with Crippen LogP contribution < -0.4 is 5.73 Å². The van der Waals surface area contributed by atoms with Crippen LogP contribution in [-0.4, -0.2) is 13.2 Å². The fourth-order valence-electron chi connectivity index (χ4n) is 1.29. The first-order valence-electron chi connectivity index (χ1n) is 3.83. The van der Waals surface area contributed by atoms with E-state index in [2.05, 4.69) is 0 Å². The van der Waals surface area contributed by atoms with Gasteiger partial charge in [-0.2, -0.15) is 0 Å². The van der Waals surface area contributed by atoms with Crippen LogP contribution in [0.3, 0.4) is 0 Å². The minimum atomic E-state index is -0.456. The van der Waals surface area contributed by atoms with Crippen LogP contribution in [0.15, 0.2) is 24.3 Å². The molecular weight excluding hydrogens is 157 g/mol. The maximum absolute atomic E-state index is 12.8. The molecule has 0 spiro atoms. The standard InChI is InChI=1S/C9H10FNO/c10-8-3-1-2-7(4-8)9(11)5-12-6-9/h1-4H,5-6,11H2. The predicted molar refractivity (Wildman–Crippen MR) is 43.1 cm³/mol. The van der Waals surface area contributed by atoms with E-state index in [-0.39, 0.29) is 5.82 Å². The van der Waals surface area contributed by atoms with Crippen molar-refractivity contribution in [2.24, 2.45) is 5.73 Å². The Morgan fingerprint density at radius 3 is 2.67 bits per heavy atom. The Morgan fingerprint density at radius 2 is 2.17 bits per heavy atom. The molecule has 1 saturated heterocycles. The number of halogens is 1. The molecule has 12 heavy (non-hydrogen) atoms. The normalized spacial score (nSPS) is 20.2. The molecule has 0 bridgehead atoms. The van der Waals surface area contributed by atoms with Crippen LogP contribution in [0.5, 0.6) is 0 Å². The van der Waals surface area contributed by atoms with Crippen LogP contribution in [0.1, 0.15) is 5.56 Å². The molecule has 0 amide bonds. The number of nitrogens with two attached hydrogens (primary N) is 1. The van der Waals surface area contributed by atoms with E-state index in [9.17, 15) is 4.39 Å². The van der Waals surface area contributed by atoms with Crippen LogP contribution >= 0.6 is 0 Å². The zero-order valence-corrected chi connectivity index (χ0v) is 6.59. The van der Waals surface area contributed by atoms with Crippen molar-refractivity contribution in [3.63, 3.8) is 0 Å². The SMILES string of the molecule is NC1(c2cccc(F)c2)COC1. The third-order valence-corrected chi connectivity index (χ3v) is 2.12. The number of rotatable bonds is 1. The van der Waals surface area contributed by atoms with E-state index < -0.39 is 5.54 Å². The predicted octanol–water partition coefficient (Wildman–Crippen LogP) is 1.01. The van der Waals surface area contributed by atoms with Crippen molar-refractivity contribution in [1.29, 1.82) is 0 Å². The monoisotopic (exact) mass is 167 g/mol. The molecule has 1 fully saturated rings. The second-order valence-corrected chi connectivity index (χ2v) is 3.16. The highest BCUT2D eigenvalue weighted by Crippen LogP contribution is 2.26. The maximum Gasteiger partial charge on any atom is 0.123 e. The molecular formula is C9H10FNO. The highest BCUT2D eigenvalue weighted by Gasteiger charge is 2.35. The zero-order valence-electron chi connectivity index (χ0n) is 6.59. The Bertz CT molecular complexity index is 296. The summed E-state index contributed by atoms with van der Waals surface area (Å²) in [5, 5.41) is 0. The molecule has 2 N–H and O–H groups in total. The largest absolute Gasteiger partial charge is 0.377 e. The molecule has 0 aromatic heterocycles. The molecule has 1 aromatic carbocycles. The first kappa shape index (κ1) is 7.71. The minimum Gasteiger partial charge on any atom is -0.377 e. The van der Waals surface area contributed by atoms with Crippen LogP contribution in [0.4, 0.5) is 4.39 Å². The zero-order chi connectivity index (χ0) is 8.60. The number of ether oxygens (including phenoxy) is 1. The lowest BCUT2D eigenvalue weighted by Crippen LogP contribution is -2.54. The third-order valence-electron chi connectivity index (χ3n) is 2.12. The van der Waals surface area contributed by atoms with Gasteiger partial charge in [-0.05, 0) is 17.7 Å². The minimum absolute atomic E-state index is 0.246. The van der Waals surface area contributed by atoms with Crippen molar-refractivity contribution in [1.82, 2.24) is 0 Å². The highest BCUT2D eigenvalue weighted by molar-refractivity contribution is 5.26. The summed E-state index contributed by atoms with van der Waals surface area (Å²) >= 11 is 0. The van der Waals surface area contributed by atoms with Gasteiger partial charge in [0.15, 0.2) is 0 Å². The molecule has 1 aliphatic heterocycles.